The van der Waals surface area contributed by atoms with E-state index in [4.69, 9.17) is 0 Å². The smallest absolute Gasteiger partial charge is 0.199 e. The molecule has 0 spiro atoms. The van der Waals surface area contributed by atoms with Gasteiger partial charge in [0.1, 0.15) is 0 Å². The molecule has 0 saturated carbocycles. The van der Waals surface area contributed by atoms with Crippen LogP contribution in [-0.4, -0.2) is 45.6 Å². The van der Waals surface area contributed by atoms with Crippen molar-refractivity contribution < 1.29 is 65.9 Å². The molecule has 36 heavy (non-hydrogen) atoms. The fraction of sp³-hybridized carbons (Fsp3) is 1.00. The molecule has 0 heterocycles. The van der Waals surface area contributed by atoms with Gasteiger partial charge in [-0.15, -0.1) is 0 Å². The number of rotatable bonds is 16. The van der Waals surface area contributed by atoms with Crippen molar-refractivity contribution in [1.82, 2.24) is 0 Å². The van der Waals surface area contributed by atoms with E-state index >= 15 is 0 Å². The van der Waals surface area contributed by atoms with Gasteiger partial charge in [0.15, 0.2) is 0 Å². The average molecular weight is 678 g/mol. The molecule has 0 aromatic heterocycles. The lowest BCUT2D eigenvalue weighted by Crippen LogP contribution is -2.73. The van der Waals surface area contributed by atoms with Crippen LogP contribution in [0.2, 0.25) is 0 Å². The third-order valence-corrected chi connectivity index (χ3v) is 7.27. The molecule has 0 aliphatic carbocycles. The van der Waals surface area contributed by atoms with Crippen LogP contribution < -0.4 is 0 Å². The minimum absolute atomic E-state index is 0.139. The first kappa shape index (κ1) is 35.7. The summed E-state index contributed by atoms with van der Waals surface area (Å²) in [6.45, 7) is 2.73. The topological polar surface area (TPSA) is 0 Å². The van der Waals surface area contributed by atoms with Crippen LogP contribution in [0.15, 0.2) is 0 Å². The van der Waals surface area contributed by atoms with Crippen LogP contribution in [0.25, 0.3) is 0 Å². The summed E-state index contributed by atoms with van der Waals surface area (Å²) in [5.41, 5.74) is 0. The Kier molecular flexibility index (Phi) is 12.1. The third kappa shape index (κ3) is 6.45. The molecule has 16 heteroatoms. The zero-order valence-corrected chi connectivity index (χ0v) is 21.2. The first-order chi connectivity index (χ1) is 15.9. The van der Waals surface area contributed by atoms with Crippen molar-refractivity contribution in [2.24, 2.45) is 5.92 Å². The highest BCUT2D eigenvalue weighted by atomic mass is 127. The summed E-state index contributed by atoms with van der Waals surface area (Å²) in [5.74, 6) is -48.8. The standard InChI is InChI=1S/C20H26F15I/c1-3-5-6-7-8-9-10-11-13(36)12(4-2)14(21,22)15(23,24)16(25,26)17(27,28)18(29,30)19(31,32)20(33,34)35/h12-13H,3-11H2,1-2H3. The fourth-order valence-corrected chi connectivity index (χ4v) is 4.85. The molecule has 0 aliphatic rings. The highest BCUT2D eigenvalue weighted by Gasteiger charge is 2.93. The molecule has 0 amide bonds. The van der Waals surface area contributed by atoms with Gasteiger partial charge in [-0.05, 0) is 12.8 Å². The van der Waals surface area contributed by atoms with Crippen LogP contribution in [0.4, 0.5) is 65.9 Å². The van der Waals surface area contributed by atoms with Gasteiger partial charge in [-0.1, -0.05) is 81.4 Å². The van der Waals surface area contributed by atoms with Gasteiger partial charge in [0.2, 0.25) is 0 Å². The maximum absolute atomic E-state index is 14.6. The quantitative estimate of drug-likeness (QED) is 0.0660. The summed E-state index contributed by atoms with van der Waals surface area (Å²) in [6.07, 6.45) is -4.25. The molecule has 2 atom stereocenters. The summed E-state index contributed by atoms with van der Waals surface area (Å²) in [7, 11) is 0. The van der Waals surface area contributed by atoms with Crippen LogP contribution in [-0.2, 0) is 0 Å². The van der Waals surface area contributed by atoms with Gasteiger partial charge in [-0.25, -0.2) is 0 Å². The van der Waals surface area contributed by atoms with E-state index < -0.39 is 58.0 Å². The minimum atomic E-state index is -8.23. The molecule has 0 rings (SSSR count). The molecule has 0 fully saturated rings. The fourth-order valence-electron chi connectivity index (χ4n) is 3.45. The summed E-state index contributed by atoms with van der Waals surface area (Å²) in [4.78, 5) is 0. The van der Waals surface area contributed by atoms with E-state index in [1.807, 2.05) is 6.92 Å². The third-order valence-electron chi connectivity index (χ3n) is 5.78. The van der Waals surface area contributed by atoms with Crippen molar-refractivity contribution in [3.05, 3.63) is 0 Å². The second kappa shape index (κ2) is 12.2. The summed E-state index contributed by atoms with van der Waals surface area (Å²) in [6, 6.07) is 0. The molecule has 0 aromatic rings. The highest BCUT2D eigenvalue weighted by molar-refractivity contribution is 14.1. The zero-order valence-electron chi connectivity index (χ0n) is 19.1. The highest BCUT2D eigenvalue weighted by Crippen LogP contribution is 2.63. The molecule has 0 aromatic carbocycles. The van der Waals surface area contributed by atoms with E-state index in [9.17, 15) is 65.9 Å². The second-order valence-electron chi connectivity index (χ2n) is 8.43. The van der Waals surface area contributed by atoms with Crippen molar-refractivity contribution in [3.8, 4) is 0 Å². The van der Waals surface area contributed by atoms with E-state index in [-0.39, 0.29) is 12.8 Å². The molecule has 0 radical (unpaired) electrons. The number of hydrogen-bond acceptors (Lipinski definition) is 0. The number of unbranched alkanes of at least 4 members (excludes halogenated alkanes) is 6. The van der Waals surface area contributed by atoms with Gasteiger partial charge in [0, 0.05) is 9.84 Å². The second-order valence-corrected chi connectivity index (χ2v) is 10.0. The number of halogens is 16. The predicted octanol–water partition coefficient (Wildman–Crippen LogP) is 10.3. The van der Waals surface area contributed by atoms with E-state index in [1.54, 1.807) is 0 Å². The molecule has 0 nitrogen and oxygen atoms in total. The molecule has 2 unspecified atom stereocenters. The Bertz CT molecular complexity index is 673. The monoisotopic (exact) mass is 678 g/mol. The molecule has 0 bridgehead atoms. The number of alkyl halides is 16. The van der Waals surface area contributed by atoms with Gasteiger partial charge in [0.05, 0.1) is 0 Å². The van der Waals surface area contributed by atoms with Crippen LogP contribution >= 0.6 is 22.6 Å². The Morgan fingerprint density at radius 1 is 0.500 bits per heavy atom. The van der Waals surface area contributed by atoms with Crippen molar-refractivity contribution in [2.45, 2.75) is 117 Å². The first-order valence-electron chi connectivity index (χ1n) is 10.9. The van der Waals surface area contributed by atoms with Crippen molar-refractivity contribution >= 4 is 22.6 Å². The van der Waals surface area contributed by atoms with Crippen LogP contribution in [0.5, 0.6) is 0 Å². The Labute approximate surface area is 211 Å². The van der Waals surface area contributed by atoms with E-state index in [0.717, 1.165) is 32.6 Å². The normalized spacial score (nSPS) is 16.8. The van der Waals surface area contributed by atoms with E-state index in [1.165, 1.54) is 22.6 Å². The Hall–Kier alpha value is -0.320. The van der Waals surface area contributed by atoms with Gasteiger partial charge >= 0.3 is 41.7 Å². The lowest BCUT2D eigenvalue weighted by Gasteiger charge is -2.43. The molecular weight excluding hydrogens is 652 g/mol. The van der Waals surface area contributed by atoms with Crippen LogP contribution in [0.1, 0.15) is 71.6 Å². The zero-order chi connectivity index (χ0) is 29.0. The van der Waals surface area contributed by atoms with Crippen molar-refractivity contribution in [3.63, 3.8) is 0 Å². The predicted molar refractivity (Wildman–Crippen MR) is 110 cm³/mol. The average Bonchev–Trinajstić information content (AvgIpc) is 2.71. The van der Waals surface area contributed by atoms with Crippen molar-refractivity contribution in [2.75, 3.05) is 0 Å². The Morgan fingerprint density at radius 3 is 1.25 bits per heavy atom. The SMILES string of the molecule is CCCCCCCCCC(I)C(CC)C(F)(F)C(F)(F)C(F)(F)C(F)(F)C(F)(F)C(F)(F)C(F)(F)F. The molecule has 0 N–H and O–H groups in total. The van der Waals surface area contributed by atoms with Gasteiger partial charge in [0.25, 0.3) is 0 Å². The summed E-state index contributed by atoms with van der Waals surface area (Å²) < 4.78 is 200. The van der Waals surface area contributed by atoms with Gasteiger partial charge in [-0.3, -0.25) is 0 Å². The summed E-state index contributed by atoms with van der Waals surface area (Å²) >= 11 is 1.17. The maximum Gasteiger partial charge on any atom is 0.460 e. The minimum Gasteiger partial charge on any atom is -0.199 e. The molecular formula is C20H26F15I. The Morgan fingerprint density at radius 2 is 0.861 bits per heavy atom. The summed E-state index contributed by atoms with van der Waals surface area (Å²) in [5, 5.41) is 0. The van der Waals surface area contributed by atoms with Crippen LogP contribution in [0, 0.1) is 5.92 Å². The maximum atomic E-state index is 14.6. The lowest BCUT2D eigenvalue weighted by molar-refractivity contribution is -0.454. The van der Waals surface area contributed by atoms with Crippen LogP contribution in [0.3, 0.4) is 0 Å². The molecule has 0 saturated heterocycles. The molecule has 218 valence electrons. The van der Waals surface area contributed by atoms with Gasteiger partial charge < -0.3 is 0 Å². The Balaban J connectivity index is 5.98. The number of hydrogen-bond donors (Lipinski definition) is 0. The van der Waals surface area contributed by atoms with E-state index in [0.29, 0.717) is 12.8 Å². The van der Waals surface area contributed by atoms with E-state index in [2.05, 4.69) is 0 Å². The molecule has 0 aliphatic heterocycles. The lowest BCUT2D eigenvalue weighted by atomic mass is 9.82. The van der Waals surface area contributed by atoms with Gasteiger partial charge in [-0.2, -0.15) is 65.9 Å². The van der Waals surface area contributed by atoms with Crippen molar-refractivity contribution in [1.29, 1.82) is 0 Å². The first-order valence-corrected chi connectivity index (χ1v) is 12.2. The largest absolute Gasteiger partial charge is 0.460 e.